The van der Waals surface area contributed by atoms with Gasteiger partial charge >= 0.3 is 0 Å². The highest BCUT2D eigenvalue weighted by Crippen LogP contribution is 2.31. The quantitative estimate of drug-likeness (QED) is 0.681. The second kappa shape index (κ2) is 7.47. The van der Waals surface area contributed by atoms with E-state index in [1.54, 1.807) is 23.0 Å². The minimum absolute atomic E-state index is 0.0283. The van der Waals surface area contributed by atoms with Crippen LogP contribution in [0.1, 0.15) is 36.8 Å². The third-order valence-electron chi connectivity index (χ3n) is 5.60. The van der Waals surface area contributed by atoms with Gasteiger partial charge in [-0.05, 0) is 37.8 Å². The summed E-state index contributed by atoms with van der Waals surface area (Å²) in [7, 11) is 0. The molecule has 3 aromatic rings. The molecule has 29 heavy (non-hydrogen) atoms. The second-order valence-corrected chi connectivity index (χ2v) is 7.47. The maximum Gasteiger partial charge on any atom is 0.210 e. The van der Waals surface area contributed by atoms with Gasteiger partial charge in [-0.25, -0.2) is 13.8 Å². The van der Waals surface area contributed by atoms with Gasteiger partial charge in [-0.15, -0.1) is 10.2 Å². The largest absolute Gasteiger partial charge is 0.493 e. The number of hydrogen-bond acceptors (Lipinski definition) is 7. The zero-order chi connectivity index (χ0) is 19.8. The summed E-state index contributed by atoms with van der Waals surface area (Å²) in [5, 5.41) is 21.0. The lowest BCUT2D eigenvalue weighted by molar-refractivity contribution is 0.0669. The van der Waals surface area contributed by atoms with Crippen LogP contribution in [-0.4, -0.2) is 43.5 Å². The number of aromatic nitrogens is 4. The molecule has 1 saturated carbocycles. The molecule has 2 aromatic heterocycles. The van der Waals surface area contributed by atoms with E-state index in [4.69, 9.17) is 9.47 Å². The number of nitrogens with zero attached hydrogens (tertiary/aromatic N) is 4. The van der Waals surface area contributed by atoms with Crippen molar-refractivity contribution in [3.63, 3.8) is 0 Å². The summed E-state index contributed by atoms with van der Waals surface area (Å²) in [5.41, 5.74) is 2.04. The minimum atomic E-state index is -0.263. The predicted molar refractivity (Wildman–Crippen MR) is 103 cm³/mol. The van der Waals surface area contributed by atoms with Crippen LogP contribution in [0.2, 0.25) is 0 Å². The Morgan fingerprint density at radius 3 is 3.00 bits per heavy atom. The summed E-state index contributed by atoms with van der Waals surface area (Å²) in [6.07, 6.45) is 6.71. The molecule has 152 valence electrons. The topological polar surface area (TPSA) is 93.8 Å². The number of rotatable bonds is 5. The lowest BCUT2D eigenvalue weighted by atomic mass is 9.95. The number of aliphatic hydroxyl groups is 1. The van der Waals surface area contributed by atoms with Crippen LogP contribution < -0.4 is 14.8 Å². The van der Waals surface area contributed by atoms with Crippen LogP contribution in [0.4, 0.5) is 10.3 Å². The standard InChI is InChI=1S/C20H22FN5O3/c21-16-5-6-17-14(7-8-28-17)15(16)9-22-20-23-10-18(19-25-24-11-26(19)20)29-13-3-1-12(27)2-4-13/h5-6,10-13,27H,1-4,7-9H2,(H,22,23)/t12-,13+. The number of ether oxygens (including phenoxy) is 2. The van der Waals surface area contributed by atoms with E-state index in [0.717, 1.165) is 37.0 Å². The zero-order valence-electron chi connectivity index (χ0n) is 15.8. The van der Waals surface area contributed by atoms with Crippen LogP contribution >= 0.6 is 0 Å². The van der Waals surface area contributed by atoms with Crippen molar-refractivity contribution in [2.75, 3.05) is 11.9 Å². The fourth-order valence-electron chi connectivity index (χ4n) is 4.03. The second-order valence-electron chi connectivity index (χ2n) is 7.47. The highest BCUT2D eigenvalue weighted by molar-refractivity contribution is 5.56. The summed E-state index contributed by atoms with van der Waals surface area (Å²) in [5.74, 6) is 1.54. The van der Waals surface area contributed by atoms with Crippen molar-refractivity contribution in [3.05, 3.63) is 41.6 Å². The Labute approximate surface area is 166 Å². The SMILES string of the molecule is O[C@H]1CC[C@@H](Oc2cnc(NCc3c(F)ccc4c3CCO4)n3cnnc23)CC1. The molecule has 0 spiro atoms. The van der Waals surface area contributed by atoms with E-state index in [-0.39, 0.29) is 24.6 Å². The van der Waals surface area contributed by atoms with E-state index in [2.05, 4.69) is 20.5 Å². The van der Waals surface area contributed by atoms with Crippen LogP contribution in [0, 0.1) is 5.82 Å². The molecule has 2 aliphatic rings. The molecule has 0 atom stereocenters. The lowest BCUT2D eigenvalue weighted by Crippen LogP contribution is -2.26. The van der Waals surface area contributed by atoms with E-state index in [1.807, 2.05) is 0 Å². The van der Waals surface area contributed by atoms with Crippen molar-refractivity contribution in [1.82, 2.24) is 19.6 Å². The van der Waals surface area contributed by atoms with E-state index < -0.39 is 0 Å². The van der Waals surface area contributed by atoms with Crippen LogP contribution in [0.5, 0.6) is 11.5 Å². The van der Waals surface area contributed by atoms with Crippen LogP contribution in [0.25, 0.3) is 5.65 Å². The Kier molecular flexibility index (Phi) is 4.67. The Bertz CT molecular complexity index is 1030. The summed E-state index contributed by atoms with van der Waals surface area (Å²) < 4.78 is 27.7. The monoisotopic (exact) mass is 399 g/mol. The van der Waals surface area contributed by atoms with Crippen molar-refractivity contribution in [3.8, 4) is 11.5 Å². The average molecular weight is 399 g/mol. The molecular formula is C20H22FN5O3. The first kappa shape index (κ1) is 18.1. The zero-order valence-corrected chi connectivity index (χ0v) is 15.8. The molecule has 1 aromatic carbocycles. The number of fused-ring (bicyclic) bond motifs is 2. The average Bonchev–Trinajstić information content (AvgIpc) is 3.40. The van der Waals surface area contributed by atoms with Crippen molar-refractivity contribution in [2.45, 2.75) is 50.9 Å². The highest BCUT2D eigenvalue weighted by atomic mass is 19.1. The molecule has 0 unspecified atom stereocenters. The first-order chi connectivity index (χ1) is 14.2. The molecule has 0 radical (unpaired) electrons. The number of benzene rings is 1. The van der Waals surface area contributed by atoms with Crippen molar-refractivity contribution in [1.29, 1.82) is 0 Å². The number of nitrogens with one attached hydrogen (secondary N) is 1. The maximum atomic E-state index is 14.4. The van der Waals surface area contributed by atoms with Crippen molar-refractivity contribution in [2.24, 2.45) is 0 Å². The first-order valence-electron chi connectivity index (χ1n) is 9.89. The molecule has 0 saturated heterocycles. The molecule has 3 heterocycles. The molecule has 1 aliphatic heterocycles. The number of aliphatic hydroxyl groups excluding tert-OH is 1. The number of hydrogen-bond donors (Lipinski definition) is 2. The van der Waals surface area contributed by atoms with Crippen molar-refractivity contribution < 1.29 is 19.0 Å². The molecule has 2 N–H and O–H groups in total. The van der Waals surface area contributed by atoms with Gasteiger partial charge in [0.05, 0.1) is 25.0 Å². The molecule has 1 fully saturated rings. The number of halogens is 1. The molecular weight excluding hydrogens is 377 g/mol. The Hall–Kier alpha value is -2.94. The van der Waals surface area contributed by atoms with E-state index >= 15 is 0 Å². The third kappa shape index (κ3) is 3.46. The molecule has 0 bridgehead atoms. The van der Waals surface area contributed by atoms with Gasteiger partial charge in [-0.2, -0.15) is 0 Å². The Morgan fingerprint density at radius 2 is 2.14 bits per heavy atom. The van der Waals surface area contributed by atoms with Crippen molar-refractivity contribution >= 4 is 11.6 Å². The number of anilines is 1. The Morgan fingerprint density at radius 1 is 1.28 bits per heavy atom. The van der Waals surface area contributed by atoms with Gasteiger partial charge < -0.3 is 19.9 Å². The first-order valence-corrected chi connectivity index (χ1v) is 9.89. The Balaban J connectivity index is 1.36. The lowest BCUT2D eigenvalue weighted by Gasteiger charge is -2.26. The van der Waals surface area contributed by atoms with Gasteiger partial charge in [0.15, 0.2) is 5.75 Å². The van der Waals surface area contributed by atoms with E-state index in [1.165, 1.54) is 6.07 Å². The smallest absolute Gasteiger partial charge is 0.210 e. The third-order valence-corrected chi connectivity index (χ3v) is 5.60. The van der Waals surface area contributed by atoms with Crippen LogP contribution in [0.15, 0.2) is 24.7 Å². The fourth-order valence-corrected chi connectivity index (χ4v) is 4.03. The summed E-state index contributed by atoms with van der Waals surface area (Å²) >= 11 is 0. The summed E-state index contributed by atoms with van der Waals surface area (Å²) in [4.78, 5) is 4.44. The van der Waals surface area contributed by atoms with Gasteiger partial charge in [0.2, 0.25) is 11.6 Å². The van der Waals surface area contributed by atoms with E-state index in [9.17, 15) is 9.50 Å². The summed E-state index contributed by atoms with van der Waals surface area (Å²) in [6.45, 7) is 0.851. The van der Waals surface area contributed by atoms with Gasteiger partial charge in [0.1, 0.15) is 17.9 Å². The van der Waals surface area contributed by atoms with Crippen LogP contribution in [0.3, 0.4) is 0 Å². The van der Waals surface area contributed by atoms with Gasteiger partial charge in [0, 0.05) is 24.1 Å². The highest BCUT2D eigenvalue weighted by Gasteiger charge is 2.23. The molecule has 5 rings (SSSR count). The van der Waals surface area contributed by atoms with Gasteiger partial charge in [-0.1, -0.05) is 0 Å². The van der Waals surface area contributed by atoms with Gasteiger partial charge in [0.25, 0.3) is 0 Å². The summed E-state index contributed by atoms with van der Waals surface area (Å²) in [6, 6.07) is 3.11. The predicted octanol–water partition coefficient (Wildman–Crippen LogP) is 2.49. The molecule has 9 heteroatoms. The molecule has 1 aliphatic carbocycles. The van der Waals surface area contributed by atoms with Crippen LogP contribution in [-0.2, 0) is 13.0 Å². The maximum absolute atomic E-state index is 14.4. The minimum Gasteiger partial charge on any atom is -0.493 e. The molecule has 0 amide bonds. The van der Waals surface area contributed by atoms with Gasteiger partial charge in [-0.3, -0.25) is 0 Å². The van der Waals surface area contributed by atoms with E-state index in [0.29, 0.717) is 35.9 Å². The normalized spacial score (nSPS) is 21.0. The molecule has 8 nitrogen and oxygen atoms in total. The fraction of sp³-hybridized carbons (Fsp3) is 0.450.